The fraction of sp³-hybridized carbons (Fsp3) is 0.0556. The van der Waals surface area contributed by atoms with Gasteiger partial charge in [0, 0.05) is 12.4 Å². The summed E-state index contributed by atoms with van der Waals surface area (Å²) in [5.41, 5.74) is 3.24. The van der Waals surface area contributed by atoms with Gasteiger partial charge in [-0.15, -0.1) is 0 Å². The topological polar surface area (TPSA) is 17.8 Å². The quantitative estimate of drug-likeness (QED) is 0.638. The summed E-state index contributed by atoms with van der Waals surface area (Å²) >= 11 is 6.67. The van der Waals surface area contributed by atoms with Crippen LogP contribution in [0.1, 0.15) is 11.1 Å². The van der Waals surface area contributed by atoms with Crippen LogP contribution >= 0.6 is 11.6 Å². The predicted octanol–water partition coefficient (Wildman–Crippen LogP) is 4.69. The number of hydrogen-bond donors (Lipinski definition) is 0. The Morgan fingerprint density at radius 3 is 2.10 bits per heavy atom. The first kappa shape index (κ1) is 13.7. The van der Waals surface area contributed by atoms with Gasteiger partial charge >= 0.3 is 0 Å². The minimum Gasteiger partial charge on any atom is -0.333 e. The summed E-state index contributed by atoms with van der Waals surface area (Å²) in [6.45, 7) is 0.692. The lowest BCUT2D eigenvalue weighted by Crippen LogP contribution is -2.00. The van der Waals surface area contributed by atoms with Crippen molar-refractivity contribution in [2.24, 2.45) is 0 Å². The van der Waals surface area contributed by atoms with Crippen molar-refractivity contribution in [2.45, 2.75) is 6.54 Å². The molecule has 0 aliphatic carbocycles. The molecule has 21 heavy (non-hydrogen) atoms. The Morgan fingerprint density at radius 2 is 1.52 bits per heavy atom. The molecular weight excluding hydrogens is 280 g/mol. The van der Waals surface area contributed by atoms with E-state index in [9.17, 15) is 0 Å². The molecule has 0 bridgehead atoms. The first-order valence-corrected chi connectivity index (χ1v) is 7.17. The minimum atomic E-state index is 0.692. The molecule has 104 valence electrons. The van der Waals surface area contributed by atoms with E-state index in [0.717, 1.165) is 21.7 Å². The normalized spacial score (nSPS) is 12.0. The molecule has 0 aliphatic heterocycles. The van der Waals surface area contributed by atoms with Crippen molar-refractivity contribution in [3.8, 4) is 0 Å². The van der Waals surface area contributed by atoms with Crippen molar-refractivity contribution in [1.82, 2.24) is 9.55 Å². The summed E-state index contributed by atoms with van der Waals surface area (Å²) in [7, 11) is 0. The Kier molecular flexibility index (Phi) is 4.17. The SMILES string of the molecule is ClC(=C(Cn1ccnc1)c1ccccc1)c1ccccc1. The van der Waals surface area contributed by atoms with Crippen LogP contribution in [0.4, 0.5) is 0 Å². The highest BCUT2D eigenvalue weighted by atomic mass is 35.5. The van der Waals surface area contributed by atoms with E-state index < -0.39 is 0 Å². The molecule has 0 radical (unpaired) electrons. The number of aromatic nitrogens is 2. The average Bonchev–Trinajstić information content (AvgIpc) is 3.07. The summed E-state index contributed by atoms with van der Waals surface area (Å²) in [6, 6.07) is 20.3. The zero-order valence-electron chi connectivity index (χ0n) is 11.5. The summed E-state index contributed by atoms with van der Waals surface area (Å²) in [4.78, 5) is 4.10. The van der Waals surface area contributed by atoms with E-state index in [-0.39, 0.29) is 0 Å². The maximum atomic E-state index is 6.67. The van der Waals surface area contributed by atoms with E-state index in [2.05, 4.69) is 17.1 Å². The summed E-state index contributed by atoms with van der Waals surface area (Å²) in [5, 5.41) is 0.774. The predicted molar refractivity (Wildman–Crippen MR) is 87.8 cm³/mol. The second-order valence-electron chi connectivity index (χ2n) is 4.76. The average molecular weight is 295 g/mol. The molecule has 2 nitrogen and oxygen atoms in total. The Balaban J connectivity index is 2.07. The van der Waals surface area contributed by atoms with Crippen LogP contribution in [0.2, 0.25) is 0 Å². The van der Waals surface area contributed by atoms with Gasteiger partial charge in [0.15, 0.2) is 0 Å². The van der Waals surface area contributed by atoms with E-state index in [0.29, 0.717) is 6.54 Å². The molecule has 0 atom stereocenters. The maximum Gasteiger partial charge on any atom is 0.0949 e. The van der Waals surface area contributed by atoms with Crippen molar-refractivity contribution in [2.75, 3.05) is 0 Å². The highest BCUT2D eigenvalue weighted by Gasteiger charge is 2.10. The maximum absolute atomic E-state index is 6.67. The lowest BCUT2D eigenvalue weighted by Gasteiger charge is -2.12. The highest BCUT2D eigenvalue weighted by Crippen LogP contribution is 2.30. The molecule has 0 N–H and O–H groups in total. The van der Waals surface area contributed by atoms with E-state index >= 15 is 0 Å². The van der Waals surface area contributed by atoms with Gasteiger partial charge in [0.1, 0.15) is 0 Å². The van der Waals surface area contributed by atoms with Gasteiger partial charge in [-0.3, -0.25) is 0 Å². The highest BCUT2D eigenvalue weighted by molar-refractivity contribution is 6.52. The summed E-state index contributed by atoms with van der Waals surface area (Å²) in [5.74, 6) is 0. The second kappa shape index (κ2) is 6.42. The number of hydrogen-bond acceptors (Lipinski definition) is 1. The van der Waals surface area contributed by atoms with Gasteiger partial charge in [-0.05, 0) is 16.7 Å². The second-order valence-corrected chi connectivity index (χ2v) is 5.14. The molecule has 2 aromatic carbocycles. The molecular formula is C18H15ClN2. The number of halogens is 1. The summed E-state index contributed by atoms with van der Waals surface area (Å²) in [6.07, 6.45) is 5.52. The molecule has 0 saturated carbocycles. The fourth-order valence-electron chi connectivity index (χ4n) is 2.25. The smallest absolute Gasteiger partial charge is 0.0949 e. The zero-order valence-corrected chi connectivity index (χ0v) is 12.2. The van der Waals surface area contributed by atoms with Gasteiger partial charge in [-0.25, -0.2) is 4.98 Å². The van der Waals surface area contributed by atoms with Crippen molar-refractivity contribution < 1.29 is 0 Å². The van der Waals surface area contributed by atoms with Crippen LogP contribution in [0.15, 0.2) is 79.4 Å². The van der Waals surface area contributed by atoms with Crippen molar-refractivity contribution in [3.63, 3.8) is 0 Å². The largest absolute Gasteiger partial charge is 0.333 e. The molecule has 0 aliphatic rings. The molecule has 0 saturated heterocycles. The third-order valence-electron chi connectivity index (χ3n) is 3.31. The lowest BCUT2D eigenvalue weighted by molar-refractivity contribution is 0.835. The Bertz CT molecular complexity index is 716. The van der Waals surface area contributed by atoms with E-state index in [4.69, 9.17) is 11.6 Å². The van der Waals surface area contributed by atoms with Gasteiger partial charge in [-0.2, -0.15) is 0 Å². The molecule has 0 amide bonds. The van der Waals surface area contributed by atoms with Gasteiger partial charge in [0.25, 0.3) is 0 Å². The van der Waals surface area contributed by atoms with Crippen LogP contribution in [0.25, 0.3) is 10.6 Å². The molecule has 3 heteroatoms. The Morgan fingerprint density at radius 1 is 0.905 bits per heavy atom. The fourth-order valence-corrected chi connectivity index (χ4v) is 2.54. The van der Waals surface area contributed by atoms with Crippen molar-refractivity contribution >= 4 is 22.2 Å². The van der Waals surface area contributed by atoms with Crippen LogP contribution in [0, 0.1) is 0 Å². The Hall–Kier alpha value is -2.32. The molecule has 3 aromatic rings. The Labute approximate surface area is 129 Å². The first-order valence-electron chi connectivity index (χ1n) is 6.80. The molecule has 3 rings (SSSR count). The lowest BCUT2D eigenvalue weighted by atomic mass is 10.0. The molecule has 1 heterocycles. The summed E-state index contributed by atoms with van der Waals surface area (Å²) < 4.78 is 2.02. The number of imidazole rings is 1. The molecule has 0 spiro atoms. The van der Waals surface area contributed by atoms with Crippen LogP contribution in [0.5, 0.6) is 0 Å². The van der Waals surface area contributed by atoms with E-state index in [1.807, 2.05) is 59.3 Å². The minimum absolute atomic E-state index is 0.692. The molecule has 0 fully saturated rings. The number of allylic oxidation sites excluding steroid dienone is 1. The standard InChI is InChI=1S/C18H15ClN2/c19-18(16-9-5-2-6-10-16)17(13-21-12-11-20-14-21)15-7-3-1-4-8-15/h1-12,14H,13H2. The van der Waals surface area contributed by atoms with Crippen molar-refractivity contribution in [3.05, 3.63) is 90.5 Å². The van der Waals surface area contributed by atoms with Crippen LogP contribution in [-0.2, 0) is 6.54 Å². The van der Waals surface area contributed by atoms with Crippen LogP contribution in [0.3, 0.4) is 0 Å². The van der Waals surface area contributed by atoms with E-state index in [1.165, 1.54) is 0 Å². The molecule has 1 aromatic heterocycles. The first-order chi connectivity index (χ1) is 10.3. The van der Waals surface area contributed by atoms with Gasteiger partial charge in [0.2, 0.25) is 0 Å². The van der Waals surface area contributed by atoms with Gasteiger partial charge < -0.3 is 4.57 Å². The third-order valence-corrected chi connectivity index (χ3v) is 3.76. The van der Waals surface area contributed by atoms with Crippen LogP contribution < -0.4 is 0 Å². The number of nitrogens with zero attached hydrogens (tertiary/aromatic N) is 2. The number of benzene rings is 2. The van der Waals surface area contributed by atoms with Gasteiger partial charge in [0.05, 0.1) is 17.9 Å². The van der Waals surface area contributed by atoms with Crippen molar-refractivity contribution in [1.29, 1.82) is 0 Å². The van der Waals surface area contributed by atoms with Crippen LogP contribution in [-0.4, -0.2) is 9.55 Å². The number of rotatable bonds is 4. The monoisotopic (exact) mass is 294 g/mol. The van der Waals surface area contributed by atoms with E-state index in [1.54, 1.807) is 12.5 Å². The zero-order chi connectivity index (χ0) is 14.5. The molecule has 0 unspecified atom stereocenters. The van der Waals surface area contributed by atoms with Gasteiger partial charge in [-0.1, -0.05) is 72.3 Å². The third kappa shape index (κ3) is 3.23.